The smallest absolute Gasteiger partial charge is 0.264 e. The summed E-state index contributed by atoms with van der Waals surface area (Å²) in [5, 5.41) is 12.9. The van der Waals surface area contributed by atoms with Crippen LogP contribution >= 0.6 is 0 Å². The second-order valence-corrected chi connectivity index (χ2v) is 8.45. The molecule has 0 spiro atoms. The molecule has 0 heterocycles. The lowest BCUT2D eigenvalue weighted by Crippen LogP contribution is -2.39. The molecule has 0 amide bonds. The van der Waals surface area contributed by atoms with Crippen molar-refractivity contribution in [1.29, 1.82) is 0 Å². The van der Waals surface area contributed by atoms with E-state index in [9.17, 15) is 8.78 Å². The van der Waals surface area contributed by atoms with E-state index in [0.29, 0.717) is 23.2 Å². The van der Waals surface area contributed by atoms with Gasteiger partial charge in [0.1, 0.15) is 0 Å². The molecule has 0 aliphatic heterocycles. The summed E-state index contributed by atoms with van der Waals surface area (Å²) in [4.78, 5) is 0. The van der Waals surface area contributed by atoms with E-state index in [2.05, 4.69) is 42.0 Å². The molecule has 9 heteroatoms. The second kappa shape index (κ2) is 15.7. The molecular weight excluding hydrogens is 436 g/mol. The van der Waals surface area contributed by atoms with Crippen LogP contribution in [0, 0.1) is 0 Å². The third-order valence-electron chi connectivity index (χ3n) is 5.87. The number of rotatable bonds is 16. The van der Waals surface area contributed by atoms with Crippen LogP contribution in [0.4, 0.5) is 14.5 Å². The van der Waals surface area contributed by atoms with E-state index in [4.69, 9.17) is 17.2 Å². The summed E-state index contributed by atoms with van der Waals surface area (Å²) in [6.07, 6.45) is 1.64. The van der Waals surface area contributed by atoms with Gasteiger partial charge in [0, 0.05) is 55.9 Å². The fourth-order valence-corrected chi connectivity index (χ4v) is 3.82. The maximum absolute atomic E-state index is 14.1. The minimum Gasteiger partial charge on any atom is -0.394 e. The zero-order chi connectivity index (χ0) is 25.7. The average molecular weight is 482 g/mol. The molecule has 34 heavy (non-hydrogen) atoms. The Morgan fingerprint density at radius 2 is 1.82 bits per heavy atom. The Hall–Kier alpha value is -2.20. The molecule has 0 saturated heterocycles. The number of hydrogen-bond donors (Lipinski definition) is 7. The Kier molecular flexibility index (Phi) is 13.7. The van der Waals surface area contributed by atoms with Crippen molar-refractivity contribution in [2.24, 2.45) is 17.2 Å². The Labute approximate surface area is 204 Å². The van der Waals surface area contributed by atoms with E-state index in [0.717, 1.165) is 42.6 Å². The van der Waals surface area contributed by atoms with Crippen LogP contribution in [0.5, 0.6) is 0 Å². The summed E-state index contributed by atoms with van der Waals surface area (Å²) < 4.78 is 28.2. The fraction of sp³-hybridized carbons (Fsp3) is 0.600. The molecule has 1 aromatic carbocycles. The van der Waals surface area contributed by atoms with Crippen LogP contribution in [-0.2, 0) is 6.42 Å². The Bertz CT molecular complexity index is 809. The summed E-state index contributed by atoms with van der Waals surface area (Å²) in [6.45, 7) is 7.43. The molecule has 0 bridgehead atoms. The largest absolute Gasteiger partial charge is 0.394 e. The lowest BCUT2D eigenvalue weighted by atomic mass is 9.94. The van der Waals surface area contributed by atoms with Gasteiger partial charge >= 0.3 is 0 Å². The molecule has 10 N–H and O–H groups in total. The van der Waals surface area contributed by atoms with Crippen molar-refractivity contribution < 1.29 is 8.78 Å². The minimum absolute atomic E-state index is 0.0760. The van der Waals surface area contributed by atoms with E-state index < -0.39 is 12.6 Å². The van der Waals surface area contributed by atoms with Gasteiger partial charge in [0.25, 0.3) is 6.43 Å². The lowest BCUT2D eigenvalue weighted by Gasteiger charge is -2.27. The molecule has 194 valence electrons. The molecule has 0 fully saturated rings. The summed E-state index contributed by atoms with van der Waals surface area (Å²) in [6, 6.07) is 3.57. The number of nitrogens with one attached hydrogen (secondary N) is 4. The van der Waals surface area contributed by atoms with E-state index >= 15 is 0 Å². The van der Waals surface area contributed by atoms with Crippen LogP contribution < -0.4 is 38.5 Å². The van der Waals surface area contributed by atoms with Crippen molar-refractivity contribution in [1.82, 2.24) is 16.0 Å². The van der Waals surface area contributed by atoms with Crippen molar-refractivity contribution in [3.63, 3.8) is 0 Å². The topological polar surface area (TPSA) is 126 Å². The van der Waals surface area contributed by atoms with Crippen LogP contribution in [0.25, 0.3) is 5.57 Å². The molecular formula is C25H45F2N7. The number of alkyl halides is 2. The average Bonchev–Trinajstić information content (AvgIpc) is 2.81. The first-order chi connectivity index (χ1) is 16.3. The molecule has 1 aromatic rings. The standard InChI is InChI=1S/C25H45F2N7/c1-6-8-17-11-19(18(13-28)15-32-5)20(24(26)27)12-23(17)34-25(30)21(14-29)22(9-10-31-4)33-16(3)7-2/h11-12,15-16,24-25,31-34H,6-10,13-14,28-30H2,1-5H3/b18-15+,22-21-. The number of aryl methyl sites for hydroxylation is 1. The molecule has 1 rings (SSSR count). The van der Waals surface area contributed by atoms with Gasteiger partial charge in [0.05, 0.1) is 6.17 Å². The predicted octanol–water partition coefficient (Wildman–Crippen LogP) is 3.00. The van der Waals surface area contributed by atoms with Gasteiger partial charge in [-0.05, 0) is 67.6 Å². The third-order valence-corrected chi connectivity index (χ3v) is 5.87. The Morgan fingerprint density at radius 1 is 1.12 bits per heavy atom. The highest BCUT2D eigenvalue weighted by molar-refractivity contribution is 5.73. The van der Waals surface area contributed by atoms with Crippen molar-refractivity contribution in [2.45, 2.75) is 65.1 Å². The number of hydrogen-bond acceptors (Lipinski definition) is 7. The van der Waals surface area contributed by atoms with Crippen molar-refractivity contribution in [2.75, 3.05) is 39.0 Å². The van der Waals surface area contributed by atoms with E-state index in [1.807, 2.05) is 7.05 Å². The summed E-state index contributed by atoms with van der Waals surface area (Å²) >= 11 is 0. The van der Waals surface area contributed by atoms with Gasteiger partial charge < -0.3 is 38.5 Å². The minimum atomic E-state index is -2.66. The van der Waals surface area contributed by atoms with Gasteiger partial charge in [-0.15, -0.1) is 0 Å². The van der Waals surface area contributed by atoms with Crippen LogP contribution in [0.1, 0.15) is 63.1 Å². The zero-order valence-electron chi connectivity index (χ0n) is 21.4. The normalized spacial score (nSPS) is 14.6. The van der Waals surface area contributed by atoms with Gasteiger partial charge in [-0.3, -0.25) is 0 Å². The fourth-order valence-electron chi connectivity index (χ4n) is 3.82. The maximum Gasteiger partial charge on any atom is 0.264 e. The van der Waals surface area contributed by atoms with Gasteiger partial charge in [-0.2, -0.15) is 0 Å². The van der Waals surface area contributed by atoms with Gasteiger partial charge in [-0.25, -0.2) is 8.78 Å². The summed E-state index contributed by atoms with van der Waals surface area (Å²) in [5.74, 6) is 0. The summed E-state index contributed by atoms with van der Waals surface area (Å²) in [5.41, 5.74) is 22.9. The molecule has 0 aliphatic carbocycles. The first-order valence-corrected chi connectivity index (χ1v) is 12.1. The molecule has 0 saturated carbocycles. The summed E-state index contributed by atoms with van der Waals surface area (Å²) in [7, 11) is 3.61. The highest BCUT2D eigenvalue weighted by Gasteiger charge is 2.21. The van der Waals surface area contributed by atoms with E-state index in [1.54, 1.807) is 19.3 Å². The third kappa shape index (κ3) is 8.54. The van der Waals surface area contributed by atoms with Crippen LogP contribution in [-0.4, -0.2) is 45.9 Å². The van der Waals surface area contributed by atoms with Crippen LogP contribution in [0.15, 0.2) is 29.6 Å². The van der Waals surface area contributed by atoms with Crippen LogP contribution in [0.3, 0.4) is 0 Å². The van der Waals surface area contributed by atoms with E-state index in [-0.39, 0.29) is 24.7 Å². The van der Waals surface area contributed by atoms with E-state index in [1.165, 1.54) is 6.07 Å². The number of benzene rings is 1. The lowest BCUT2D eigenvalue weighted by molar-refractivity contribution is 0.151. The zero-order valence-corrected chi connectivity index (χ0v) is 21.4. The quantitative estimate of drug-likeness (QED) is 0.181. The maximum atomic E-state index is 14.1. The molecule has 7 nitrogen and oxygen atoms in total. The highest BCUT2D eigenvalue weighted by atomic mass is 19.3. The van der Waals surface area contributed by atoms with Crippen molar-refractivity contribution in [3.05, 3.63) is 46.3 Å². The van der Waals surface area contributed by atoms with Gasteiger partial charge in [0.2, 0.25) is 0 Å². The number of halogens is 2. The monoisotopic (exact) mass is 481 g/mol. The first-order valence-electron chi connectivity index (χ1n) is 12.1. The highest BCUT2D eigenvalue weighted by Crippen LogP contribution is 2.34. The van der Waals surface area contributed by atoms with Crippen molar-refractivity contribution >= 4 is 11.3 Å². The second-order valence-electron chi connectivity index (χ2n) is 8.45. The molecule has 2 atom stereocenters. The molecule has 0 radical (unpaired) electrons. The Morgan fingerprint density at radius 3 is 2.32 bits per heavy atom. The van der Waals surface area contributed by atoms with Gasteiger partial charge in [0.15, 0.2) is 0 Å². The molecule has 2 unspecified atom stereocenters. The first kappa shape index (κ1) is 29.8. The number of anilines is 1. The van der Waals surface area contributed by atoms with Crippen molar-refractivity contribution in [3.8, 4) is 0 Å². The SMILES string of the molecule is CCCc1cc(/C(=C/NC)CN)c(C(F)F)cc1NC(N)/C(CN)=C(/CCNC)NC(C)CC. The number of nitrogens with two attached hydrogens (primary N) is 3. The predicted molar refractivity (Wildman–Crippen MR) is 141 cm³/mol. The van der Waals surface area contributed by atoms with Crippen LogP contribution in [0.2, 0.25) is 0 Å². The van der Waals surface area contributed by atoms with Gasteiger partial charge in [-0.1, -0.05) is 20.3 Å². The molecule has 0 aromatic heterocycles. The molecule has 0 aliphatic rings. The Balaban J connectivity index is 3.52.